The lowest BCUT2D eigenvalue weighted by Crippen LogP contribution is -2.29. The summed E-state index contributed by atoms with van der Waals surface area (Å²) in [4.78, 5) is 14.0. The lowest BCUT2D eigenvalue weighted by Gasteiger charge is -2.28. The molecule has 1 aliphatic rings. The standard InChI is InChI=1S/C26H25Cl2FN6O/c1-14(22-16(27)12-32-13-17(22)28)36-21-8-6-18(30)23(24(21)29)25(31)26-33-19-7-5-15(11-20(19)34-26)35-9-3-2-4-10-35/h5-8,11-14,31H,2-4,9-10,30H2,1H3,(H,33,34). The third-order valence-corrected chi connectivity index (χ3v) is 7.02. The minimum atomic E-state index is -0.761. The van der Waals surface area contributed by atoms with Crippen molar-refractivity contribution in [1.82, 2.24) is 15.0 Å². The van der Waals surface area contributed by atoms with Crippen LogP contribution in [-0.2, 0) is 0 Å². The zero-order valence-electron chi connectivity index (χ0n) is 19.6. The highest BCUT2D eigenvalue weighted by atomic mass is 35.5. The molecule has 0 amide bonds. The van der Waals surface area contributed by atoms with Crippen LogP contribution in [0.15, 0.2) is 42.7 Å². The van der Waals surface area contributed by atoms with Crippen LogP contribution in [0.5, 0.6) is 5.75 Å². The molecule has 1 saturated heterocycles. The Balaban J connectivity index is 1.45. The minimum Gasteiger partial charge on any atom is -0.483 e. The fourth-order valence-electron chi connectivity index (χ4n) is 4.56. The molecule has 5 rings (SSSR count). The fraction of sp³-hybridized carbons (Fsp3) is 0.269. The summed E-state index contributed by atoms with van der Waals surface area (Å²) >= 11 is 12.5. The summed E-state index contributed by atoms with van der Waals surface area (Å²) in [5.74, 6) is -0.622. The normalized spacial score (nSPS) is 14.7. The van der Waals surface area contributed by atoms with Crippen molar-refractivity contribution in [2.75, 3.05) is 23.7 Å². The monoisotopic (exact) mass is 526 g/mol. The molecular formula is C26H25Cl2FN6O. The lowest BCUT2D eigenvalue weighted by atomic mass is 10.1. The average molecular weight is 527 g/mol. The Labute approximate surface area is 217 Å². The number of halogens is 3. The first-order chi connectivity index (χ1) is 17.3. The van der Waals surface area contributed by atoms with E-state index >= 15 is 4.39 Å². The van der Waals surface area contributed by atoms with Crippen molar-refractivity contribution in [3.8, 4) is 5.75 Å². The predicted molar refractivity (Wildman–Crippen MR) is 142 cm³/mol. The molecule has 4 aromatic rings. The fourth-order valence-corrected chi connectivity index (χ4v) is 5.23. The maximum absolute atomic E-state index is 15.6. The van der Waals surface area contributed by atoms with Gasteiger partial charge in [0, 0.05) is 42.4 Å². The molecule has 7 nitrogen and oxygen atoms in total. The molecule has 1 atom stereocenters. The second kappa shape index (κ2) is 9.95. The van der Waals surface area contributed by atoms with Crippen molar-refractivity contribution in [1.29, 1.82) is 5.41 Å². The number of pyridine rings is 1. The number of benzene rings is 2. The number of nitrogens with two attached hydrogens (primary N) is 1. The summed E-state index contributed by atoms with van der Waals surface area (Å²) in [6, 6.07) is 8.89. The van der Waals surface area contributed by atoms with Crippen LogP contribution in [0.4, 0.5) is 15.8 Å². The highest BCUT2D eigenvalue weighted by molar-refractivity contribution is 6.35. The number of rotatable bonds is 6. The maximum atomic E-state index is 15.6. The Bertz CT molecular complexity index is 1430. The number of hydrogen-bond acceptors (Lipinski definition) is 6. The molecule has 0 bridgehead atoms. The maximum Gasteiger partial charge on any atom is 0.176 e. The first-order valence-corrected chi connectivity index (χ1v) is 12.5. The van der Waals surface area contributed by atoms with Gasteiger partial charge in [-0.1, -0.05) is 23.2 Å². The number of nitrogen functional groups attached to an aromatic ring is 1. The molecule has 10 heteroatoms. The summed E-state index contributed by atoms with van der Waals surface area (Å²) in [5.41, 5.74) is 9.00. The van der Waals surface area contributed by atoms with Gasteiger partial charge in [-0.15, -0.1) is 0 Å². The van der Waals surface area contributed by atoms with Gasteiger partial charge in [-0.05, 0) is 56.5 Å². The van der Waals surface area contributed by atoms with E-state index in [0.717, 1.165) is 24.3 Å². The van der Waals surface area contributed by atoms with E-state index in [0.29, 0.717) is 21.1 Å². The number of aromatic nitrogens is 3. The van der Waals surface area contributed by atoms with Crippen LogP contribution in [0.25, 0.3) is 11.0 Å². The van der Waals surface area contributed by atoms with Crippen LogP contribution < -0.4 is 15.4 Å². The largest absolute Gasteiger partial charge is 0.483 e. The van der Waals surface area contributed by atoms with E-state index in [1.165, 1.54) is 43.8 Å². The van der Waals surface area contributed by atoms with E-state index < -0.39 is 11.9 Å². The minimum absolute atomic E-state index is 0.0797. The molecule has 186 valence electrons. The quantitative estimate of drug-likeness (QED) is 0.195. The average Bonchev–Trinajstić information content (AvgIpc) is 3.30. The van der Waals surface area contributed by atoms with Crippen LogP contribution in [0.2, 0.25) is 10.0 Å². The van der Waals surface area contributed by atoms with Gasteiger partial charge in [0.1, 0.15) is 11.8 Å². The zero-order valence-corrected chi connectivity index (χ0v) is 21.1. The molecule has 2 aromatic heterocycles. The molecule has 0 spiro atoms. The summed E-state index contributed by atoms with van der Waals surface area (Å²) in [5, 5.41) is 9.34. The number of H-pyrrole nitrogens is 1. The smallest absolute Gasteiger partial charge is 0.176 e. The van der Waals surface area contributed by atoms with Crippen LogP contribution in [-0.4, -0.2) is 33.8 Å². The molecule has 0 saturated carbocycles. The molecule has 36 heavy (non-hydrogen) atoms. The third kappa shape index (κ3) is 4.58. The van der Waals surface area contributed by atoms with Crippen molar-refractivity contribution < 1.29 is 9.13 Å². The predicted octanol–water partition coefficient (Wildman–Crippen LogP) is 6.53. The Hall–Kier alpha value is -3.36. The Kier molecular flexibility index (Phi) is 6.73. The van der Waals surface area contributed by atoms with Gasteiger partial charge in [-0.3, -0.25) is 10.4 Å². The molecule has 0 radical (unpaired) electrons. The second-order valence-electron chi connectivity index (χ2n) is 8.83. The Morgan fingerprint density at radius 1 is 1.14 bits per heavy atom. The van der Waals surface area contributed by atoms with E-state index in [1.807, 2.05) is 18.2 Å². The summed E-state index contributed by atoms with van der Waals surface area (Å²) in [6.45, 7) is 3.74. The van der Waals surface area contributed by atoms with Crippen molar-refractivity contribution >= 4 is 51.3 Å². The number of nitrogens with one attached hydrogen (secondary N) is 2. The number of nitrogens with zero attached hydrogens (tertiary/aromatic N) is 3. The van der Waals surface area contributed by atoms with Crippen molar-refractivity contribution in [2.45, 2.75) is 32.3 Å². The van der Waals surface area contributed by atoms with Crippen LogP contribution in [0.3, 0.4) is 0 Å². The SMILES string of the molecule is CC(Oc1ccc(N)c(C(=N)c2nc3ccc(N4CCCCC4)cc3[nH]2)c1F)c1c(Cl)cncc1Cl. The zero-order chi connectivity index (χ0) is 25.4. The van der Waals surface area contributed by atoms with E-state index in [9.17, 15) is 0 Å². The van der Waals surface area contributed by atoms with Gasteiger partial charge in [0.2, 0.25) is 0 Å². The van der Waals surface area contributed by atoms with E-state index in [2.05, 4.69) is 19.9 Å². The topological polar surface area (TPSA) is 104 Å². The van der Waals surface area contributed by atoms with Crippen LogP contribution in [0.1, 0.15) is 49.2 Å². The number of aromatic amines is 1. The van der Waals surface area contributed by atoms with Gasteiger partial charge < -0.3 is 20.4 Å². The number of ether oxygens (including phenoxy) is 1. The van der Waals surface area contributed by atoms with Crippen LogP contribution >= 0.6 is 23.2 Å². The molecular weight excluding hydrogens is 502 g/mol. The van der Waals surface area contributed by atoms with Crippen molar-refractivity contribution in [2.24, 2.45) is 0 Å². The van der Waals surface area contributed by atoms with E-state index in [-0.39, 0.29) is 28.5 Å². The number of piperidine rings is 1. The van der Waals surface area contributed by atoms with Gasteiger partial charge in [-0.25, -0.2) is 9.37 Å². The molecule has 1 unspecified atom stereocenters. The molecule has 1 fully saturated rings. The first-order valence-electron chi connectivity index (χ1n) is 11.7. The van der Waals surface area contributed by atoms with Crippen molar-refractivity contribution in [3.05, 3.63) is 75.5 Å². The highest BCUT2D eigenvalue weighted by Gasteiger charge is 2.24. The summed E-state index contributed by atoms with van der Waals surface area (Å²) < 4.78 is 21.5. The third-order valence-electron chi connectivity index (χ3n) is 6.41. The number of imidazole rings is 1. The van der Waals surface area contributed by atoms with Gasteiger partial charge >= 0.3 is 0 Å². The highest BCUT2D eigenvalue weighted by Crippen LogP contribution is 2.35. The summed E-state index contributed by atoms with van der Waals surface area (Å²) in [7, 11) is 0. The first kappa shape index (κ1) is 24.3. The van der Waals surface area contributed by atoms with Gasteiger partial charge in [0.15, 0.2) is 17.4 Å². The van der Waals surface area contributed by atoms with Gasteiger partial charge in [0.05, 0.1) is 26.6 Å². The Morgan fingerprint density at radius 3 is 2.58 bits per heavy atom. The number of fused-ring (bicyclic) bond motifs is 1. The molecule has 3 heterocycles. The van der Waals surface area contributed by atoms with Gasteiger partial charge in [0.25, 0.3) is 0 Å². The molecule has 4 N–H and O–H groups in total. The second-order valence-corrected chi connectivity index (χ2v) is 9.64. The Morgan fingerprint density at radius 2 is 1.86 bits per heavy atom. The molecule has 2 aromatic carbocycles. The molecule has 0 aliphatic carbocycles. The summed E-state index contributed by atoms with van der Waals surface area (Å²) in [6.07, 6.45) is 5.81. The van der Waals surface area contributed by atoms with Crippen molar-refractivity contribution in [3.63, 3.8) is 0 Å². The van der Waals surface area contributed by atoms with Crippen LogP contribution in [0, 0.1) is 11.2 Å². The van der Waals surface area contributed by atoms with E-state index in [4.69, 9.17) is 39.1 Å². The van der Waals surface area contributed by atoms with Gasteiger partial charge in [-0.2, -0.15) is 0 Å². The van der Waals surface area contributed by atoms with E-state index in [1.54, 1.807) is 6.92 Å². The number of hydrogen-bond donors (Lipinski definition) is 3. The number of anilines is 2. The lowest BCUT2D eigenvalue weighted by molar-refractivity contribution is 0.216. The molecule has 1 aliphatic heterocycles.